The highest BCUT2D eigenvalue weighted by atomic mass is 16.3. The van der Waals surface area contributed by atoms with Crippen LogP contribution >= 0.6 is 0 Å². The summed E-state index contributed by atoms with van der Waals surface area (Å²) >= 11 is 0. The van der Waals surface area contributed by atoms with Gasteiger partial charge in [-0.05, 0) is 70.6 Å². The number of rotatable bonds is 43. The summed E-state index contributed by atoms with van der Waals surface area (Å²) in [6.07, 6.45) is 58.4. The maximum Gasteiger partial charge on any atom is 0.222 e. The van der Waals surface area contributed by atoms with E-state index in [4.69, 9.17) is 0 Å². The van der Waals surface area contributed by atoms with Crippen molar-refractivity contribution in [3.63, 3.8) is 0 Å². The molecule has 0 aliphatic heterocycles. The molecule has 0 heterocycles. The highest BCUT2D eigenvalue weighted by Crippen LogP contribution is 2.15. The molecule has 0 radical (unpaired) electrons. The van der Waals surface area contributed by atoms with Crippen molar-refractivity contribution in [3.8, 4) is 0 Å². The van der Waals surface area contributed by atoms with Gasteiger partial charge < -0.3 is 20.6 Å². The Kier molecular flexibility index (Phi) is 43.6. The molecule has 0 aromatic rings. The second-order valence-corrected chi connectivity index (χ2v) is 16.3. The molecule has 0 aromatic carbocycles. The number of hydrogen-bond donors (Lipinski definition) is 4. The van der Waals surface area contributed by atoms with E-state index >= 15 is 0 Å². The third kappa shape index (κ3) is 41.8. The lowest BCUT2D eigenvalue weighted by molar-refractivity contribution is -0.124. The summed E-state index contributed by atoms with van der Waals surface area (Å²) < 4.78 is 0. The second-order valence-electron chi connectivity index (χ2n) is 16.3. The molecule has 0 saturated carbocycles. The average Bonchev–Trinajstić information content (AvgIpc) is 3.18. The zero-order valence-corrected chi connectivity index (χ0v) is 36.6. The molecule has 0 aliphatic rings. The Morgan fingerprint density at radius 1 is 0.455 bits per heavy atom. The van der Waals surface area contributed by atoms with E-state index in [1.807, 2.05) is 6.08 Å². The molecule has 0 aromatic heterocycles. The second kappa shape index (κ2) is 45.0. The highest BCUT2D eigenvalue weighted by molar-refractivity contribution is 5.76. The Hall–Kier alpha value is -1.69. The molecule has 322 valence electrons. The largest absolute Gasteiger partial charge is 0.394 e. The van der Waals surface area contributed by atoms with Crippen molar-refractivity contribution >= 4 is 5.91 Å². The fraction of sp³-hybridized carbons (Fsp3) is 0.820. The van der Waals surface area contributed by atoms with Gasteiger partial charge in [-0.1, -0.05) is 210 Å². The number of amides is 1. The van der Waals surface area contributed by atoms with Gasteiger partial charge in [0.2, 0.25) is 5.91 Å². The molecule has 3 atom stereocenters. The molecular formula is C50H93NO4. The van der Waals surface area contributed by atoms with Crippen molar-refractivity contribution in [2.45, 2.75) is 257 Å². The number of aliphatic hydroxyl groups is 3. The summed E-state index contributed by atoms with van der Waals surface area (Å²) in [5.74, 6) is -0.331. The lowest BCUT2D eigenvalue weighted by Gasteiger charge is -2.21. The van der Waals surface area contributed by atoms with Crippen molar-refractivity contribution in [1.82, 2.24) is 5.32 Å². The van der Waals surface area contributed by atoms with Crippen molar-refractivity contribution in [2.24, 2.45) is 0 Å². The van der Waals surface area contributed by atoms with Gasteiger partial charge in [0.25, 0.3) is 0 Å². The number of nitrogens with one attached hydrogen (secondary N) is 1. The molecule has 1 amide bonds. The topological polar surface area (TPSA) is 89.8 Å². The third-order valence-corrected chi connectivity index (χ3v) is 10.8. The Labute approximate surface area is 342 Å². The van der Waals surface area contributed by atoms with Crippen LogP contribution in [0.25, 0.3) is 0 Å². The molecule has 0 fully saturated rings. The first kappa shape index (κ1) is 53.3. The van der Waals surface area contributed by atoms with Crippen molar-refractivity contribution in [1.29, 1.82) is 0 Å². The smallest absolute Gasteiger partial charge is 0.222 e. The Morgan fingerprint density at radius 2 is 0.782 bits per heavy atom. The normalized spacial score (nSPS) is 13.9. The first-order valence-electron chi connectivity index (χ1n) is 23.9. The summed E-state index contributed by atoms with van der Waals surface area (Å²) in [5.41, 5.74) is 0. The number of allylic oxidation sites excluding steroid dienone is 7. The minimum atomic E-state index is -0.961. The SMILES string of the molecule is CCCCCCCC/C=C/CC/C=C/CC/C=C/C(O)C(CO)NC(=O)CC(O)CCCCCCCCCC/C=C\CCCCCCCCCCCCCC. The monoisotopic (exact) mass is 772 g/mol. The van der Waals surface area contributed by atoms with Gasteiger partial charge in [0.15, 0.2) is 0 Å². The van der Waals surface area contributed by atoms with Crippen LogP contribution in [0.4, 0.5) is 0 Å². The zero-order chi connectivity index (χ0) is 40.1. The molecule has 5 heteroatoms. The van der Waals surface area contributed by atoms with Crippen LogP contribution in [0.2, 0.25) is 0 Å². The summed E-state index contributed by atoms with van der Waals surface area (Å²) in [6.45, 7) is 4.19. The number of unbranched alkanes of at least 4 members (excludes halogenated alkanes) is 28. The molecule has 0 rings (SSSR count). The first-order chi connectivity index (χ1) is 27.0. The summed E-state index contributed by atoms with van der Waals surface area (Å²) in [5, 5.41) is 33.2. The highest BCUT2D eigenvalue weighted by Gasteiger charge is 2.20. The van der Waals surface area contributed by atoms with E-state index in [0.29, 0.717) is 6.42 Å². The number of carbonyl (C=O) groups is 1. The number of carbonyl (C=O) groups excluding carboxylic acids is 1. The van der Waals surface area contributed by atoms with Crippen LogP contribution in [-0.2, 0) is 4.79 Å². The molecule has 0 saturated heterocycles. The van der Waals surface area contributed by atoms with Gasteiger partial charge in [0.05, 0.1) is 31.3 Å². The Bertz CT molecular complexity index is 896. The van der Waals surface area contributed by atoms with E-state index in [9.17, 15) is 20.1 Å². The minimum absolute atomic E-state index is 0.000230. The van der Waals surface area contributed by atoms with Crippen LogP contribution in [0.1, 0.15) is 239 Å². The molecule has 0 aliphatic carbocycles. The zero-order valence-electron chi connectivity index (χ0n) is 36.6. The quantitative estimate of drug-likeness (QED) is 0.0367. The predicted octanol–water partition coefficient (Wildman–Crippen LogP) is 14.1. The van der Waals surface area contributed by atoms with Gasteiger partial charge in [-0.2, -0.15) is 0 Å². The fourth-order valence-electron chi connectivity index (χ4n) is 7.13. The molecule has 55 heavy (non-hydrogen) atoms. The van der Waals surface area contributed by atoms with Crippen molar-refractivity contribution < 1.29 is 20.1 Å². The molecule has 3 unspecified atom stereocenters. The molecular weight excluding hydrogens is 679 g/mol. The maximum absolute atomic E-state index is 12.5. The van der Waals surface area contributed by atoms with E-state index in [-0.39, 0.29) is 18.9 Å². The number of aliphatic hydroxyl groups excluding tert-OH is 3. The standard InChI is InChI=1S/C50H93NO4/c1-3-5-7-9-11-13-15-17-19-21-22-23-24-25-26-27-28-29-31-33-35-37-39-41-43-47(53)45-50(55)51-48(46-52)49(54)44-42-40-38-36-34-32-30-20-18-16-14-12-10-8-6-4-2/h18,20,25-26,34,36,42,44,47-49,52-54H,3-17,19,21-24,27-33,35,37-41,43,45-46H2,1-2H3,(H,51,55)/b20-18+,26-25-,36-34+,44-42+. The van der Waals surface area contributed by atoms with Crippen LogP contribution in [0, 0.1) is 0 Å². The Morgan fingerprint density at radius 3 is 1.16 bits per heavy atom. The van der Waals surface area contributed by atoms with E-state index in [1.54, 1.807) is 6.08 Å². The summed E-state index contributed by atoms with van der Waals surface area (Å²) in [7, 11) is 0. The summed E-state index contributed by atoms with van der Waals surface area (Å²) in [6, 6.07) is -0.769. The molecule has 0 spiro atoms. The molecule has 5 nitrogen and oxygen atoms in total. The van der Waals surface area contributed by atoms with Gasteiger partial charge in [0.1, 0.15) is 0 Å². The van der Waals surface area contributed by atoms with Crippen LogP contribution in [0.5, 0.6) is 0 Å². The van der Waals surface area contributed by atoms with E-state index in [0.717, 1.165) is 38.5 Å². The lowest BCUT2D eigenvalue weighted by Crippen LogP contribution is -2.45. The first-order valence-corrected chi connectivity index (χ1v) is 23.9. The van der Waals surface area contributed by atoms with Crippen molar-refractivity contribution in [2.75, 3.05) is 6.61 Å². The predicted molar refractivity (Wildman–Crippen MR) is 241 cm³/mol. The van der Waals surface area contributed by atoms with Crippen LogP contribution in [-0.4, -0.2) is 46.1 Å². The average molecular weight is 772 g/mol. The molecule has 4 N–H and O–H groups in total. The van der Waals surface area contributed by atoms with Crippen LogP contribution in [0.15, 0.2) is 48.6 Å². The summed E-state index contributed by atoms with van der Waals surface area (Å²) in [4.78, 5) is 12.5. The molecule has 0 bridgehead atoms. The van der Waals surface area contributed by atoms with E-state index in [1.165, 1.54) is 173 Å². The van der Waals surface area contributed by atoms with E-state index < -0.39 is 18.2 Å². The van der Waals surface area contributed by atoms with Gasteiger partial charge >= 0.3 is 0 Å². The number of hydrogen-bond acceptors (Lipinski definition) is 4. The maximum atomic E-state index is 12.5. The van der Waals surface area contributed by atoms with Gasteiger partial charge in [0, 0.05) is 0 Å². The lowest BCUT2D eigenvalue weighted by atomic mass is 10.0. The van der Waals surface area contributed by atoms with Crippen molar-refractivity contribution in [3.05, 3.63) is 48.6 Å². The van der Waals surface area contributed by atoms with E-state index in [2.05, 4.69) is 55.6 Å². The van der Waals surface area contributed by atoms with Gasteiger partial charge in [-0.15, -0.1) is 0 Å². The van der Waals surface area contributed by atoms with Crippen LogP contribution in [0.3, 0.4) is 0 Å². The fourth-order valence-corrected chi connectivity index (χ4v) is 7.13. The van der Waals surface area contributed by atoms with Gasteiger partial charge in [-0.3, -0.25) is 4.79 Å². The minimum Gasteiger partial charge on any atom is -0.394 e. The van der Waals surface area contributed by atoms with Gasteiger partial charge in [-0.25, -0.2) is 0 Å². The Balaban J connectivity index is 3.67. The third-order valence-electron chi connectivity index (χ3n) is 10.8. The van der Waals surface area contributed by atoms with Crippen LogP contribution < -0.4 is 5.32 Å².